The van der Waals surface area contributed by atoms with Gasteiger partial charge >= 0.3 is 0 Å². The molecule has 160 valence electrons. The van der Waals surface area contributed by atoms with Gasteiger partial charge in [-0.05, 0) is 53.1 Å². The highest BCUT2D eigenvalue weighted by atomic mass is 32.2. The Morgan fingerprint density at radius 3 is 2.42 bits per heavy atom. The van der Waals surface area contributed by atoms with Crippen LogP contribution < -0.4 is 0 Å². The van der Waals surface area contributed by atoms with E-state index in [0.717, 1.165) is 28.5 Å². The molecule has 1 heterocycles. The Morgan fingerprint density at radius 1 is 0.871 bits per heavy atom. The Balaban J connectivity index is 1.45. The molecule has 0 unspecified atom stereocenters. The second-order valence-electron chi connectivity index (χ2n) is 7.44. The molecule has 1 saturated heterocycles. The first-order valence-electron chi connectivity index (χ1n) is 10.2. The minimum atomic E-state index is -3.72. The lowest BCUT2D eigenvalue weighted by Gasteiger charge is -2.21. The quantitative estimate of drug-likeness (QED) is 0.581. The summed E-state index contributed by atoms with van der Waals surface area (Å²) in [7, 11) is -3.72. The molecular weight excluding hydrogens is 415 g/mol. The topological polar surface area (TPSA) is 57.7 Å². The zero-order chi connectivity index (χ0) is 21.8. The molecule has 1 aliphatic rings. The summed E-state index contributed by atoms with van der Waals surface area (Å²) >= 11 is 0. The molecule has 1 aliphatic heterocycles. The lowest BCUT2D eigenvalue weighted by atomic mass is 10.0. The molecule has 0 radical (unpaired) electrons. The second-order valence-corrected chi connectivity index (χ2v) is 9.38. The monoisotopic (exact) mass is 438 g/mol. The third-order valence-electron chi connectivity index (χ3n) is 5.45. The number of hydrogen-bond acceptors (Lipinski definition) is 3. The van der Waals surface area contributed by atoms with E-state index in [1.165, 1.54) is 16.4 Å². The number of fused-ring (bicyclic) bond motifs is 1. The van der Waals surface area contributed by atoms with Gasteiger partial charge in [-0.1, -0.05) is 42.5 Å². The Hall–Kier alpha value is -3.03. The summed E-state index contributed by atoms with van der Waals surface area (Å²) in [4.78, 5) is 14.5. The van der Waals surface area contributed by atoms with E-state index in [1.54, 1.807) is 11.0 Å². The van der Waals surface area contributed by atoms with Crippen LogP contribution in [0.3, 0.4) is 0 Å². The van der Waals surface area contributed by atoms with Crippen molar-refractivity contribution in [2.45, 2.75) is 11.3 Å². The van der Waals surface area contributed by atoms with Crippen molar-refractivity contribution in [2.24, 2.45) is 0 Å². The number of sulfonamides is 1. The van der Waals surface area contributed by atoms with Gasteiger partial charge in [-0.25, -0.2) is 12.8 Å². The molecule has 0 N–H and O–H groups in total. The second kappa shape index (κ2) is 8.99. The number of amides is 1. The van der Waals surface area contributed by atoms with Gasteiger partial charge in [0.15, 0.2) is 0 Å². The highest BCUT2D eigenvalue weighted by Crippen LogP contribution is 2.21. The maximum absolute atomic E-state index is 13.1. The van der Waals surface area contributed by atoms with E-state index < -0.39 is 15.8 Å². The third kappa shape index (κ3) is 4.68. The van der Waals surface area contributed by atoms with Gasteiger partial charge in [0.1, 0.15) is 5.82 Å². The van der Waals surface area contributed by atoms with E-state index in [1.807, 2.05) is 48.5 Å². The summed E-state index contributed by atoms with van der Waals surface area (Å²) in [6, 6.07) is 18.7. The predicted octanol–water partition coefficient (Wildman–Crippen LogP) is 3.92. The van der Waals surface area contributed by atoms with Crippen LogP contribution in [0.5, 0.6) is 0 Å². The first kappa shape index (κ1) is 21.2. The molecule has 3 aromatic carbocycles. The molecule has 3 aromatic rings. The zero-order valence-corrected chi connectivity index (χ0v) is 17.8. The van der Waals surface area contributed by atoms with Gasteiger partial charge in [0.05, 0.1) is 4.90 Å². The molecule has 0 aliphatic carbocycles. The van der Waals surface area contributed by atoms with Crippen LogP contribution in [-0.2, 0) is 14.8 Å². The first-order valence-corrected chi connectivity index (χ1v) is 11.6. The van der Waals surface area contributed by atoms with E-state index in [2.05, 4.69) is 0 Å². The molecule has 0 aromatic heterocycles. The summed E-state index contributed by atoms with van der Waals surface area (Å²) in [5, 5.41) is 2.18. The molecule has 1 fully saturated rings. The van der Waals surface area contributed by atoms with Crippen LogP contribution in [0.4, 0.5) is 4.39 Å². The Labute approximate surface area is 181 Å². The summed E-state index contributed by atoms with van der Waals surface area (Å²) in [6.07, 6.45) is 3.89. The number of rotatable bonds is 4. The highest BCUT2D eigenvalue weighted by Gasteiger charge is 2.27. The fraction of sp³-hybridized carbons (Fsp3) is 0.208. The van der Waals surface area contributed by atoms with Crippen molar-refractivity contribution in [1.82, 2.24) is 9.21 Å². The standard InChI is InChI=1S/C24H23FN2O3S/c25-21-10-12-22(13-11-21)31(29,30)27-16-4-15-26(17-18-27)24(28)14-9-20-7-3-6-19-5-1-2-8-23(19)20/h1-3,5-14H,4,15-18H2/b14-9+. The van der Waals surface area contributed by atoms with Crippen LogP contribution in [0.1, 0.15) is 12.0 Å². The van der Waals surface area contributed by atoms with Crippen molar-refractivity contribution in [3.05, 3.63) is 84.2 Å². The minimum Gasteiger partial charge on any atom is -0.338 e. The van der Waals surface area contributed by atoms with E-state index in [9.17, 15) is 17.6 Å². The molecule has 0 saturated carbocycles. The maximum Gasteiger partial charge on any atom is 0.246 e. The summed E-state index contributed by atoms with van der Waals surface area (Å²) in [5.74, 6) is -0.626. The average molecular weight is 439 g/mol. The van der Waals surface area contributed by atoms with Crippen LogP contribution in [0.2, 0.25) is 0 Å². The number of benzene rings is 3. The van der Waals surface area contributed by atoms with Gasteiger partial charge in [-0.3, -0.25) is 4.79 Å². The molecule has 5 nitrogen and oxygen atoms in total. The third-order valence-corrected chi connectivity index (χ3v) is 7.36. The molecule has 4 rings (SSSR count). The molecule has 0 atom stereocenters. The fourth-order valence-electron chi connectivity index (χ4n) is 3.77. The van der Waals surface area contributed by atoms with Gasteiger partial charge < -0.3 is 4.90 Å². The van der Waals surface area contributed by atoms with E-state index in [-0.39, 0.29) is 17.3 Å². The molecule has 0 bridgehead atoms. The van der Waals surface area contributed by atoms with Gasteiger partial charge in [0, 0.05) is 32.3 Å². The van der Waals surface area contributed by atoms with Crippen molar-refractivity contribution in [3.8, 4) is 0 Å². The van der Waals surface area contributed by atoms with Crippen molar-refractivity contribution in [2.75, 3.05) is 26.2 Å². The Bertz CT molecular complexity index is 1220. The number of halogens is 1. The fourth-order valence-corrected chi connectivity index (χ4v) is 5.24. The van der Waals surface area contributed by atoms with Gasteiger partial charge in [-0.15, -0.1) is 0 Å². The largest absolute Gasteiger partial charge is 0.338 e. The number of carbonyl (C=O) groups is 1. The van der Waals surface area contributed by atoms with Crippen LogP contribution in [-0.4, -0.2) is 49.7 Å². The lowest BCUT2D eigenvalue weighted by molar-refractivity contribution is -0.125. The normalized spacial score (nSPS) is 16.0. The SMILES string of the molecule is O=C(/C=C/c1cccc2ccccc12)N1CCCN(S(=O)(=O)c2ccc(F)cc2)CC1. The number of carbonyl (C=O) groups excluding carboxylic acids is 1. The first-order chi connectivity index (χ1) is 14.9. The van der Waals surface area contributed by atoms with E-state index in [0.29, 0.717) is 26.1 Å². The van der Waals surface area contributed by atoms with Crippen molar-refractivity contribution in [1.29, 1.82) is 0 Å². The minimum absolute atomic E-state index is 0.0597. The molecule has 7 heteroatoms. The van der Waals surface area contributed by atoms with Gasteiger partial charge in [-0.2, -0.15) is 4.31 Å². The van der Waals surface area contributed by atoms with Gasteiger partial charge in [0.25, 0.3) is 0 Å². The van der Waals surface area contributed by atoms with Crippen LogP contribution >= 0.6 is 0 Å². The highest BCUT2D eigenvalue weighted by molar-refractivity contribution is 7.89. The zero-order valence-electron chi connectivity index (χ0n) is 16.9. The smallest absolute Gasteiger partial charge is 0.246 e. The molecule has 0 spiro atoms. The molecule has 31 heavy (non-hydrogen) atoms. The predicted molar refractivity (Wildman–Crippen MR) is 119 cm³/mol. The van der Waals surface area contributed by atoms with E-state index >= 15 is 0 Å². The number of hydrogen-bond donors (Lipinski definition) is 0. The summed E-state index contributed by atoms with van der Waals surface area (Å²) < 4.78 is 40.2. The summed E-state index contributed by atoms with van der Waals surface area (Å²) in [5.41, 5.74) is 0.960. The summed E-state index contributed by atoms with van der Waals surface area (Å²) in [6.45, 7) is 1.30. The average Bonchev–Trinajstić information content (AvgIpc) is 3.05. The Kier molecular flexibility index (Phi) is 6.15. The maximum atomic E-state index is 13.1. The lowest BCUT2D eigenvalue weighted by Crippen LogP contribution is -2.36. The van der Waals surface area contributed by atoms with Crippen molar-refractivity contribution < 1.29 is 17.6 Å². The number of nitrogens with zero attached hydrogens (tertiary/aromatic N) is 2. The van der Waals surface area contributed by atoms with E-state index in [4.69, 9.17) is 0 Å². The van der Waals surface area contributed by atoms with Crippen LogP contribution in [0, 0.1) is 5.82 Å². The van der Waals surface area contributed by atoms with Crippen LogP contribution in [0.25, 0.3) is 16.8 Å². The molecular formula is C24H23FN2O3S. The van der Waals surface area contributed by atoms with Crippen molar-refractivity contribution >= 4 is 32.8 Å². The van der Waals surface area contributed by atoms with Gasteiger partial charge in [0.2, 0.25) is 15.9 Å². The van der Waals surface area contributed by atoms with Crippen molar-refractivity contribution in [3.63, 3.8) is 0 Å². The molecule has 1 amide bonds. The Morgan fingerprint density at radius 2 is 1.61 bits per heavy atom. The van der Waals surface area contributed by atoms with Crippen LogP contribution in [0.15, 0.2) is 77.7 Å².